The zero-order valence-corrected chi connectivity index (χ0v) is 11.1. The Morgan fingerprint density at radius 3 is 2.29 bits per heavy atom. The van der Waals surface area contributed by atoms with Gasteiger partial charge in [-0.1, -0.05) is 25.4 Å². The van der Waals surface area contributed by atoms with Crippen LogP contribution in [0.3, 0.4) is 0 Å². The Labute approximate surface area is 106 Å². The molecule has 0 unspecified atom stereocenters. The summed E-state index contributed by atoms with van der Waals surface area (Å²) in [6.07, 6.45) is 0. The van der Waals surface area contributed by atoms with Gasteiger partial charge in [0.15, 0.2) is 11.5 Å². The van der Waals surface area contributed by atoms with Gasteiger partial charge in [0.1, 0.15) is 5.75 Å². The van der Waals surface area contributed by atoms with Crippen LogP contribution < -0.4 is 9.47 Å². The highest BCUT2D eigenvalue weighted by atomic mass is 35.5. The molecule has 17 heavy (non-hydrogen) atoms. The summed E-state index contributed by atoms with van der Waals surface area (Å²) < 4.78 is 10.4. The van der Waals surface area contributed by atoms with Crippen molar-refractivity contribution < 1.29 is 19.7 Å². The van der Waals surface area contributed by atoms with E-state index in [-0.39, 0.29) is 17.4 Å². The summed E-state index contributed by atoms with van der Waals surface area (Å²) in [6, 6.07) is 1.48. The van der Waals surface area contributed by atoms with E-state index < -0.39 is 5.41 Å². The van der Waals surface area contributed by atoms with Crippen molar-refractivity contribution >= 4 is 11.6 Å². The molecular weight excluding hydrogens is 244 g/mol. The molecule has 0 radical (unpaired) electrons. The molecular formula is C12H17ClO4. The average molecular weight is 261 g/mol. The molecule has 1 aromatic rings. The lowest BCUT2D eigenvalue weighted by atomic mass is 9.84. The Morgan fingerprint density at radius 1 is 1.29 bits per heavy atom. The van der Waals surface area contributed by atoms with Gasteiger partial charge in [0.25, 0.3) is 0 Å². The maximum absolute atomic E-state index is 10.0. The first-order valence-corrected chi connectivity index (χ1v) is 5.51. The Kier molecular flexibility index (Phi) is 4.11. The smallest absolute Gasteiger partial charge is 0.168 e. The molecule has 1 rings (SSSR count). The molecule has 0 aliphatic carbocycles. The van der Waals surface area contributed by atoms with Gasteiger partial charge in [-0.15, -0.1) is 0 Å². The topological polar surface area (TPSA) is 58.9 Å². The summed E-state index contributed by atoms with van der Waals surface area (Å²) in [5.74, 6) is 0.712. The van der Waals surface area contributed by atoms with Crippen molar-refractivity contribution in [3.63, 3.8) is 0 Å². The number of ether oxygens (including phenoxy) is 2. The SMILES string of the molecule is COc1cc(Cl)c(O)c(C(C)(C)CO)c1OC. The van der Waals surface area contributed by atoms with Crippen LogP contribution in [0.4, 0.5) is 0 Å². The fourth-order valence-corrected chi connectivity index (χ4v) is 1.85. The standard InChI is InChI=1S/C12H17ClO4/c1-12(2,6-14)9-10(15)7(13)5-8(16-3)11(9)17-4/h5,14-15H,6H2,1-4H3. The fourth-order valence-electron chi connectivity index (χ4n) is 1.66. The monoisotopic (exact) mass is 260 g/mol. The molecule has 0 aliphatic heterocycles. The molecule has 0 heterocycles. The molecule has 0 spiro atoms. The number of halogens is 1. The van der Waals surface area contributed by atoms with Crippen LogP contribution in [0.2, 0.25) is 5.02 Å². The van der Waals surface area contributed by atoms with Crippen molar-refractivity contribution in [2.45, 2.75) is 19.3 Å². The van der Waals surface area contributed by atoms with E-state index in [1.165, 1.54) is 20.3 Å². The molecule has 0 amide bonds. The first kappa shape index (κ1) is 13.9. The van der Waals surface area contributed by atoms with Gasteiger partial charge in [0, 0.05) is 17.0 Å². The minimum absolute atomic E-state index is 0.0941. The number of aliphatic hydroxyl groups excluding tert-OH is 1. The number of hydrogen-bond acceptors (Lipinski definition) is 4. The Hall–Kier alpha value is -1.13. The van der Waals surface area contributed by atoms with Crippen LogP contribution in [0.1, 0.15) is 19.4 Å². The van der Waals surface area contributed by atoms with Gasteiger partial charge in [0.2, 0.25) is 0 Å². The van der Waals surface area contributed by atoms with Crippen LogP contribution in [0, 0.1) is 0 Å². The van der Waals surface area contributed by atoms with E-state index in [1.54, 1.807) is 13.8 Å². The molecule has 0 aromatic heterocycles. The number of rotatable bonds is 4. The highest BCUT2D eigenvalue weighted by Gasteiger charge is 2.31. The summed E-state index contributed by atoms with van der Waals surface area (Å²) in [4.78, 5) is 0. The molecule has 0 saturated carbocycles. The van der Waals surface area contributed by atoms with E-state index in [1.807, 2.05) is 0 Å². The number of phenolic OH excluding ortho intramolecular Hbond substituents is 1. The second-order valence-electron chi connectivity index (χ2n) is 4.36. The minimum atomic E-state index is -0.687. The van der Waals surface area contributed by atoms with Gasteiger partial charge in [-0.25, -0.2) is 0 Å². The predicted molar refractivity (Wildman–Crippen MR) is 66.3 cm³/mol. The fraction of sp³-hybridized carbons (Fsp3) is 0.500. The molecule has 0 bridgehead atoms. The Morgan fingerprint density at radius 2 is 1.88 bits per heavy atom. The third-order valence-corrected chi connectivity index (χ3v) is 2.96. The van der Waals surface area contributed by atoms with Crippen molar-refractivity contribution in [1.82, 2.24) is 0 Å². The molecule has 0 fully saturated rings. The number of benzene rings is 1. The van der Waals surface area contributed by atoms with Crippen molar-refractivity contribution in [2.24, 2.45) is 0 Å². The average Bonchev–Trinajstić information content (AvgIpc) is 2.31. The van der Waals surface area contributed by atoms with Crippen LogP contribution in [-0.4, -0.2) is 31.0 Å². The van der Waals surface area contributed by atoms with Crippen LogP contribution in [-0.2, 0) is 5.41 Å². The largest absolute Gasteiger partial charge is 0.506 e. The highest BCUT2D eigenvalue weighted by molar-refractivity contribution is 6.32. The van der Waals surface area contributed by atoms with Crippen molar-refractivity contribution in [1.29, 1.82) is 0 Å². The maximum Gasteiger partial charge on any atom is 0.168 e. The van der Waals surface area contributed by atoms with E-state index in [0.717, 1.165) is 0 Å². The first-order valence-electron chi connectivity index (χ1n) is 5.13. The lowest BCUT2D eigenvalue weighted by Gasteiger charge is -2.27. The second-order valence-corrected chi connectivity index (χ2v) is 4.77. The van der Waals surface area contributed by atoms with E-state index in [2.05, 4.69) is 0 Å². The number of hydrogen-bond donors (Lipinski definition) is 2. The molecule has 0 atom stereocenters. The van der Waals surface area contributed by atoms with Gasteiger partial charge in [0.05, 0.1) is 25.8 Å². The summed E-state index contributed by atoms with van der Waals surface area (Å²) in [5, 5.41) is 19.6. The third kappa shape index (κ3) is 2.42. The van der Waals surface area contributed by atoms with E-state index >= 15 is 0 Å². The van der Waals surface area contributed by atoms with Crippen LogP contribution in [0.15, 0.2) is 6.07 Å². The van der Waals surface area contributed by atoms with E-state index in [4.69, 9.17) is 21.1 Å². The van der Waals surface area contributed by atoms with Crippen molar-refractivity contribution in [3.05, 3.63) is 16.7 Å². The molecule has 0 aliphatic rings. The van der Waals surface area contributed by atoms with Crippen LogP contribution >= 0.6 is 11.6 Å². The minimum Gasteiger partial charge on any atom is -0.506 e. The summed E-state index contributed by atoms with van der Waals surface area (Å²) >= 11 is 5.92. The van der Waals surface area contributed by atoms with E-state index in [9.17, 15) is 10.2 Å². The van der Waals surface area contributed by atoms with Gasteiger partial charge in [-0.05, 0) is 0 Å². The molecule has 96 valence electrons. The van der Waals surface area contributed by atoms with Crippen molar-refractivity contribution in [2.75, 3.05) is 20.8 Å². The predicted octanol–water partition coefficient (Wildman–Crippen LogP) is 2.33. The Bertz CT molecular complexity index is 415. The van der Waals surface area contributed by atoms with Gasteiger partial charge < -0.3 is 19.7 Å². The summed E-state index contributed by atoms with van der Waals surface area (Å²) in [5.41, 5.74) is -0.250. The lowest BCUT2D eigenvalue weighted by molar-refractivity contribution is 0.210. The quantitative estimate of drug-likeness (QED) is 0.872. The molecule has 4 nitrogen and oxygen atoms in total. The first-order chi connectivity index (χ1) is 7.88. The van der Waals surface area contributed by atoms with Gasteiger partial charge in [-0.3, -0.25) is 0 Å². The number of aliphatic hydroxyl groups is 1. The normalized spacial score (nSPS) is 11.4. The molecule has 0 saturated heterocycles. The molecule has 1 aromatic carbocycles. The summed E-state index contributed by atoms with van der Waals surface area (Å²) in [6.45, 7) is 3.40. The zero-order valence-electron chi connectivity index (χ0n) is 10.4. The summed E-state index contributed by atoms with van der Waals surface area (Å²) in [7, 11) is 2.96. The molecule has 5 heteroatoms. The zero-order chi connectivity index (χ0) is 13.2. The van der Waals surface area contributed by atoms with Gasteiger partial charge in [-0.2, -0.15) is 0 Å². The Balaban J connectivity index is 3.60. The lowest BCUT2D eigenvalue weighted by Crippen LogP contribution is -2.23. The van der Waals surface area contributed by atoms with Crippen molar-refractivity contribution in [3.8, 4) is 17.2 Å². The second kappa shape index (κ2) is 5.02. The number of aromatic hydroxyl groups is 1. The van der Waals surface area contributed by atoms with E-state index in [0.29, 0.717) is 17.1 Å². The van der Waals surface area contributed by atoms with Crippen LogP contribution in [0.5, 0.6) is 17.2 Å². The number of phenols is 1. The van der Waals surface area contributed by atoms with Crippen LogP contribution in [0.25, 0.3) is 0 Å². The highest BCUT2D eigenvalue weighted by Crippen LogP contribution is 2.47. The molecule has 2 N–H and O–H groups in total. The number of methoxy groups -OCH3 is 2. The maximum atomic E-state index is 10.0. The van der Waals surface area contributed by atoms with Gasteiger partial charge >= 0.3 is 0 Å². The third-order valence-electron chi connectivity index (χ3n) is 2.67.